The lowest BCUT2D eigenvalue weighted by Crippen LogP contribution is -2.26. The van der Waals surface area contributed by atoms with Crippen molar-refractivity contribution < 1.29 is 14.3 Å². The summed E-state index contributed by atoms with van der Waals surface area (Å²) in [4.78, 5) is 26.1. The number of pyridine rings is 1. The maximum atomic E-state index is 12.0. The smallest absolute Gasteiger partial charge is 0.253 e. The maximum Gasteiger partial charge on any atom is 0.253 e. The van der Waals surface area contributed by atoms with E-state index in [9.17, 15) is 9.59 Å². The van der Waals surface area contributed by atoms with Crippen molar-refractivity contribution in [2.24, 2.45) is 0 Å². The van der Waals surface area contributed by atoms with E-state index in [-0.39, 0.29) is 18.0 Å². The van der Waals surface area contributed by atoms with Crippen LogP contribution in [0.15, 0.2) is 23.0 Å². The number of hydrogen-bond acceptors (Lipinski definition) is 4. The van der Waals surface area contributed by atoms with Crippen molar-refractivity contribution in [3.63, 3.8) is 0 Å². The largest absolute Gasteiger partial charge is 0.486 e. The molecule has 2 heterocycles. The van der Waals surface area contributed by atoms with Crippen molar-refractivity contribution >= 4 is 16.8 Å². The molecule has 0 unspecified atom stereocenters. The van der Waals surface area contributed by atoms with Gasteiger partial charge >= 0.3 is 0 Å². The number of amides is 1. The highest BCUT2D eigenvalue weighted by Gasteiger charge is 2.14. The van der Waals surface area contributed by atoms with E-state index >= 15 is 0 Å². The van der Waals surface area contributed by atoms with Crippen LogP contribution in [-0.2, 0) is 11.3 Å². The summed E-state index contributed by atoms with van der Waals surface area (Å²) < 4.78 is 11.0. The second kappa shape index (κ2) is 5.47. The molecule has 21 heavy (non-hydrogen) atoms. The van der Waals surface area contributed by atoms with Crippen molar-refractivity contribution in [1.29, 1.82) is 0 Å². The second-order valence-corrected chi connectivity index (χ2v) is 4.84. The Balaban J connectivity index is 1.98. The van der Waals surface area contributed by atoms with Crippen molar-refractivity contribution in [3.8, 4) is 11.5 Å². The van der Waals surface area contributed by atoms with Crippen LogP contribution in [0.25, 0.3) is 10.9 Å². The van der Waals surface area contributed by atoms with Gasteiger partial charge < -0.3 is 19.8 Å². The lowest BCUT2D eigenvalue weighted by molar-refractivity contribution is -0.120. The molecule has 1 aliphatic rings. The number of carbonyl (C=O) groups excluding carboxylic acids is 1. The molecule has 6 nitrogen and oxygen atoms in total. The van der Waals surface area contributed by atoms with Crippen LogP contribution >= 0.6 is 0 Å². The summed E-state index contributed by atoms with van der Waals surface area (Å²) in [6.07, 6.45) is 0.393. The van der Waals surface area contributed by atoms with Crippen molar-refractivity contribution in [2.45, 2.75) is 19.9 Å². The van der Waals surface area contributed by atoms with E-state index in [1.54, 1.807) is 19.1 Å². The summed E-state index contributed by atoms with van der Waals surface area (Å²) in [7, 11) is 0. The van der Waals surface area contributed by atoms with Crippen LogP contribution in [0.1, 0.15) is 18.9 Å². The highest BCUT2D eigenvalue weighted by atomic mass is 16.6. The van der Waals surface area contributed by atoms with Gasteiger partial charge in [0, 0.05) is 30.0 Å². The predicted molar refractivity (Wildman–Crippen MR) is 77.7 cm³/mol. The number of hydrogen-bond donors (Lipinski definition) is 2. The van der Waals surface area contributed by atoms with Gasteiger partial charge in [-0.05, 0) is 12.1 Å². The van der Waals surface area contributed by atoms with Crippen LogP contribution in [0.3, 0.4) is 0 Å². The Morgan fingerprint density at radius 2 is 1.95 bits per heavy atom. The van der Waals surface area contributed by atoms with Gasteiger partial charge in [0.25, 0.3) is 5.56 Å². The molecule has 0 saturated carbocycles. The molecule has 6 heteroatoms. The minimum absolute atomic E-state index is 0.0864. The number of fused-ring (bicyclic) bond motifs is 2. The van der Waals surface area contributed by atoms with Gasteiger partial charge in [-0.1, -0.05) is 6.92 Å². The molecule has 2 aromatic rings. The van der Waals surface area contributed by atoms with Crippen LogP contribution in [0.2, 0.25) is 0 Å². The maximum absolute atomic E-state index is 12.0. The summed E-state index contributed by atoms with van der Waals surface area (Å²) >= 11 is 0. The van der Waals surface area contributed by atoms with Crippen LogP contribution in [-0.4, -0.2) is 24.1 Å². The molecule has 0 aliphatic carbocycles. The van der Waals surface area contributed by atoms with Crippen molar-refractivity contribution in [2.75, 3.05) is 13.2 Å². The molecule has 0 radical (unpaired) electrons. The van der Waals surface area contributed by atoms with Crippen LogP contribution < -0.4 is 20.3 Å². The average molecular weight is 288 g/mol. The summed E-state index contributed by atoms with van der Waals surface area (Å²) in [6, 6.07) is 5.37. The standard InChI is InChI=1S/C15H16N2O4/c1-2-14(18)16-8-10-5-9-6-12-13(21-4-3-20-12)7-11(9)17-15(10)19/h5-7H,2-4,8H2,1H3,(H,16,18)(H,17,19). The monoisotopic (exact) mass is 288 g/mol. The molecule has 1 aromatic carbocycles. The highest BCUT2D eigenvalue weighted by molar-refractivity contribution is 5.83. The number of nitrogens with one attached hydrogen (secondary N) is 2. The van der Waals surface area contributed by atoms with E-state index in [1.807, 2.05) is 6.07 Å². The number of ether oxygens (including phenoxy) is 2. The molecule has 110 valence electrons. The molecule has 0 atom stereocenters. The molecule has 3 rings (SSSR count). The summed E-state index contributed by atoms with van der Waals surface area (Å²) in [5.74, 6) is 1.22. The van der Waals surface area contributed by atoms with Gasteiger partial charge in [0.2, 0.25) is 5.91 Å². The van der Waals surface area contributed by atoms with Gasteiger partial charge in [-0.2, -0.15) is 0 Å². The fraction of sp³-hybridized carbons (Fsp3) is 0.333. The van der Waals surface area contributed by atoms with Gasteiger partial charge in [-0.15, -0.1) is 0 Å². The Morgan fingerprint density at radius 1 is 1.24 bits per heavy atom. The third kappa shape index (κ3) is 2.69. The third-order valence-electron chi connectivity index (χ3n) is 3.38. The number of rotatable bonds is 3. The summed E-state index contributed by atoms with van der Waals surface area (Å²) in [5, 5.41) is 3.55. The average Bonchev–Trinajstić information content (AvgIpc) is 2.50. The summed E-state index contributed by atoms with van der Waals surface area (Å²) in [6.45, 7) is 3.00. The number of carbonyl (C=O) groups is 1. The topological polar surface area (TPSA) is 80.4 Å². The molecule has 1 amide bonds. The minimum atomic E-state index is -0.212. The summed E-state index contributed by atoms with van der Waals surface area (Å²) in [5.41, 5.74) is 0.992. The SMILES string of the molecule is CCC(=O)NCc1cc2cc3c(cc2[nH]c1=O)OCCO3. The van der Waals surface area contributed by atoms with Crippen molar-refractivity contribution in [1.82, 2.24) is 10.3 Å². The number of H-pyrrole nitrogens is 1. The van der Waals surface area contributed by atoms with Crippen LogP contribution in [0, 0.1) is 0 Å². The zero-order valence-corrected chi connectivity index (χ0v) is 11.7. The van der Waals surface area contributed by atoms with Crippen molar-refractivity contribution in [3.05, 3.63) is 34.1 Å². The predicted octanol–water partition coefficient (Wildman–Crippen LogP) is 1.33. The zero-order valence-electron chi connectivity index (χ0n) is 11.7. The minimum Gasteiger partial charge on any atom is -0.486 e. The third-order valence-corrected chi connectivity index (χ3v) is 3.38. The first-order valence-electron chi connectivity index (χ1n) is 6.89. The Kier molecular flexibility index (Phi) is 3.51. The van der Waals surface area contributed by atoms with E-state index in [4.69, 9.17) is 9.47 Å². The molecule has 0 spiro atoms. The number of aromatic nitrogens is 1. The lowest BCUT2D eigenvalue weighted by atomic mass is 10.1. The second-order valence-electron chi connectivity index (χ2n) is 4.84. The zero-order chi connectivity index (χ0) is 14.8. The quantitative estimate of drug-likeness (QED) is 0.892. The molecular weight excluding hydrogens is 272 g/mol. The van der Waals surface area contributed by atoms with Gasteiger partial charge in [0.1, 0.15) is 13.2 Å². The molecule has 0 saturated heterocycles. The Labute approximate surface area is 121 Å². The van der Waals surface area contributed by atoms with Gasteiger partial charge in [0.15, 0.2) is 11.5 Å². The van der Waals surface area contributed by atoms with E-state index in [0.29, 0.717) is 42.2 Å². The molecular formula is C15H16N2O4. The van der Waals surface area contributed by atoms with Gasteiger partial charge in [-0.25, -0.2) is 0 Å². The molecule has 0 bridgehead atoms. The lowest BCUT2D eigenvalue weighted by Gasteiger charge is -2.18. The van der Waals surface area contributed by atoms with Crippen LogP contribution in [0.5, 0.6) is 11.5 Å². The van der Waals surface area contributed by atoms with Gasteiger partial charge in [0.05, 0.1) is 5.52 Å². The first kappa shape index (κ1) is 13.5. The number of aromatic amines is 1. The van der Waals surface area contributed by atoms with E-state index in [2.05, 4.69) is 10.3 Å². The van der Waals surface area contributed by atoms with E-state index < -0.39 is 0 Å². The first-order valence-corrected chi connectivity index (χ1v) is 6.89. The Bertz CT molecular complexity index is 751. The van der Waals surface area contributed by atoms with Crippen LogP contribution in [0.4, 0.5) is 0 Å². The Hall–Kier alpha value is -2.50. The molecule has 0 fully saturated rings. The highest BCUT2D eigenvalue weighted by Crippen LogP contribution is 2.33. The fourth-order valence-corrected chi connectivity index (χ4v) is 2.24. The fourth-order valence-electron chi connectivity index (χ4n) is 2.24. The first-order chi connectivity index (χ1) is 10.2. The molecule has 1 aliphatic heterocycles. The van der Waals surface area contributed by atoms with E-state index in [1.165, 1.54) is 0 Å². The molecule has 2 N–H and O–H groups in total. The van der Waals surface area contributed by atoms with Gasteiger partial charge in [-0.3, -0.25) is 9.59 Å². The Morgan fingerprint density at radius 3 is 2.67 bits per heavy atom. The molecule has 1 aromatic heterocycles. The van der Waals surface area contributed by atoms with E-state index in [0.717, 1.165) is 5.39 Å². The normalized spacial score (nSPS) is 13.2. The number of benzene rings is 1.